The predicted octanol–water partition coefficient (Wildman–Crippen LogP) is 15.0. The number of phenols is 6. The van der Waals surface area contributed by atoms with Crippen molar-refractivity contribution >= 4 is 103 Å². The highest BCUT2D eigenvalue weighted by Crippen LogP contribution is 2.39. The first-order valence-corrected chi connectivity index (χ1v) is 43.8. The molecule has 2 unspecified atom stereocenters. The van der Waals surface area contributed by atoms with Crippen molar-refractivity contribution in [1.82, 2.24) is 0 Å². The third-order valence-corrected chi connectivity index (χ3v) is 22.4. The number of aliphatic hydroxyl groups is 2. The van der Waals surface area contributed by atoms with E-state index in [1.54, 1.807) is 76.2 Å². The molecule has 0 spiro atoms. The van der Waals surface area contributed by atoms with Crippen LogP contribution in [-0.4, -0.2) is 161 Å². The minimum atomic E-state index is -1.29. The van der Waals surface area contributed by atoms with Gasteiger partial charge in [0.05, 0.1) is 34.4 Å². The summed E-state index contributed by atoms with van der Waals surface area (Å²) in [5.74, 6) is -2.76. The number of allylic oxidation sites excluding steroid dienone is 8. The zero-order valence-corrected chi connectivity index (χ0v) is 79.1. The van der Waals surface area contributed by atoms with Gasteiger partial charge in [0.1, 0.15) is 98.3 Å². The molecule has 36 nitrogen and oxygen atoms in total. The number of nitrogen functional groups attached to an aromatic ring is 1. The number of methoxy groups -OCH3 is 2. The Kier molecular flexibility index (Phi) is 35.1. The van der Waals surface area contributed by atoms with Gasteiger partial charge in [0.25, 0.3) is 17.7 Å². The van der Waals surface area contributed by atoms with Crippen LogP contribution in [0.1, 0.15) is 158 Å². The second kappa shape index (κ2) is 46.3. The fourth-order valence-electron chi connectivity index (χ4n) is 15.3. The first-order chi connectivity index (χ1) is 66.0. The molecule has 2 saturated heterocycles. The molecule has 140 heavy (non-hydrogen) atoms. The van der Waals surface area contributed by atoms with E-state index in [1.165, 1.54) is 129 Å². The van der Waals surface area contributed by atoms with Crippen molar-refractivity contribution in [2.75, 3.05) is 35.9 Å². The molecule has 0 radical (unpaired) electrons. The number of hydrogen-bond donors (Lipinski definition) is 16. The Bertz CT molecular complexity index is 7050. The molecule has 2 fully saturated rings. The lowest BCUT2D eigenvalue weighted by Gasteiger charge is -2.48. The number of nitrogens with one attached hydrogen (secondary N) is 3. The van der Waals surface area contributed by atoms with E-state index >= 15 is 0 Å². The number of carboxylic acids is 1. The van der Waals surface area contributed by atoms with E-state index in [0.29, 0.717) is 86.4 Å². The molecule has 0 aliphatic carbocycles. The smallest absolute Gasteiger partial charge is 0.404 e. The van der Waals surface area contributed by atoms with Crippen molar-refractivity contribution in [2.45, 2.75) is 182 Å². The summed E-state index contributed by atoms with van der Waals surface area (Å²) in [6.07, 6.45) is -0.000471. The van der Waals surface area contributed by atoms with Crippen LogP contribution in [0.3, 0.4) is 0 Å². The maximum Gasteiger partial charge on any atom is 0.404 e. The zero-order valence-electron chi connectivity index (χ0n) is 79.1. The standard InChI is InChI=1S/C31H36N2O10.C31H36N2O9.C21H19NO5.C12H14O3.C9H7NO3/c1-15(2)6-8-17-14-18(9-11-20(17)34)28(37)33-23-24(35)19-10-7-16(12-21(19)41-29(23)38)13-22-25(36)26(42-30(32)39)27(40-5)31(3,4)43-22;1-16(2)6-8-18-14-20(10-11-22(18)34)28(36)33-21-15-19-9-7-17(12-23(19)40-29(21)37)13-24-25(35)26(41-30(32)38)27(39-5)31(3,4)42-24;1-12(2)3-4-13-9-15(6-8-18(13)24)20(25)22-17-10-14-5-7-16(23)11-19(14)27-21(17)26;1-8(2)3-4-9-7-10(12(14)15)5-6-11(9)13;10-7-3-5-1-2-6(11)4-8(5)13-9(7)12/h6-7,9-12,14,22,25-27,34-36H,8,13H2,1-5H3,(H2,32,39)(H,33,37);6-7,9-12,14-15,24-27,34-35H,8,13H2,1-5H3,(H2,32,38)(H,33,36);3,5-11,23-24H,4H2,1-2H3,(H,22,25);3,5-7,13H,4H2,1-2H3,(H,14,15);1-4,11H,10H2/t22-,25+,26?,27+;24-,25+,26?,27+;;;/m00.../s1. The lowest BCUT2D eigenvalue weighted by Crippen LogP contribution is -2.64. The number of aromatic hydroxyl groups is 7. The van der Waals surface area contributed by atoms with E-state index in [4.69, 9.17) is 73.5 Å². The molecule has 738 valence electrons. The van der Waals surface area contributed by atoms with Crippen molar-refractivity contribution in [2.24, 2.45) is 11.5 Å². The monoisotopic (exact) mass is 1920 g/mol. The molecule has 14 rings (SSSR count). The molecule has 5 amide bonds. The normalized spacial score (nSPS) is 17.0. The number of amides is 5. The van der Waals surface area contributed by atoms with Gasteiger partial charge in [-0.1, -0.05) is 64.8 Å². The van der Waals surface area contributed by atoms with E-state index < -0.39 is 130 Å². The molecule has 2 aliphatic heterocycles. The molecular weight excluding hydrogens is 1810 g/mol. The number of fused-ring (bicyclic) bond motifs is 4. The van der Waals surface area contributed by atoms with Gasteiger partial charge < -0.3 is 130 Å². The van der Waals surface area contributed by atoms with Gasteiger partial charge in [0.15, 0.2) is 23.6 Å². The molecule has 19 N–H and O–H groups in total. The van der Waals surface area contributed by atoms with E-state index in [-0.39, 0.29) is 103 Å². The highest BCUT2D eigenvalue weighted by Gasteiger charge is 2.53. The van der Waals surface area contributed by atoms with Crippen molar-refractivity contribution in [3.8, 4) is 40.2 Å². The van der Waals surface area contributed by atoms with Gasteiger partial charge in [-0.25, -0.2) is 33.6 Å². The molecule has 8 aromatic carbocycles. The summed E-state index contributed by atoms with van der Waals surface area (Å²) in [5.41, 5.74) is 20.3. The molecule has 0 bridgehead atoms. The average molecular weight is 1930 g/mol. The summed E-state index contributed by atoms with van der Waals surface area (Å²) in [6.45, 7) is 22.5. The number of ether oxygens (including phenoxy) is 6. The number of carbonyl (C=O) groups is 6. The largest absolute Gasteiger partial charge is 0.508 e. The topological polar surface area (TPSA) is 595 Å². The summed E-state index contributed by atoms with van der Waals surface area (Å²) >= 11 is 0. The molecule has 0 saturated carbocycles. The van der Waals surface area contributed by atoms with Gasteiger partial charge >= 0.3 is 40.7 Å². The lowest BCUT2D eigenvalue weighted by molar-refractivity contribution is -0.260. The number of carboxylic acid groups (broad SMARTS) is 1. The van der Waals surface area contributed by atoms with Gasteiger partial charge in [-0.15, -0.1) is 0 Å². The first-order valence-electron chi connectivity index (χ1n) is 43.8. The van der Waals surface area contributed by atoms with E-state index in [2.05, 4.69) is 16.0 Å². The van der Waals surface area contributed by atoms with Gasteiger partial charge in [-0.3, -0.25) is 14.4 Å². The van der Waals surface area contributed by atoms with E-state index in [9.17, 15) is 88.8 Å². The highest BCUT2D eigenvalue weighted by molar-refractivity contribution is 6.08. The van der Waals surface area contributed by atoms with Crippen LogP contribution in [0.4, 0.5) is 32.3 Å². The van der Waals surface area contributed by atoms with Gasteiger partial charge in [0.2, 0.25) is 0 Å². The van der Waals surface area contributed by atoms with Crippen LogP contribution in [0.5, 0.6) is 40.2 Å². The van der Waals surface area contributed by atoms with Crippen LogP contribution >= 0.6 is 0 Å². The van der Waals surface area contributed by atoms with Crippen molar-refractivity contribution in [3.63, 3.8) is 0 Å². The Morgan fingerprint density at radius 2 is 0.729 bits per heavy atom. The number of rotatable bonds is 23. The number of aliphatic hydroxyl groups excluding tert-OH is 2. The van der Waals surface area contributed by atoms with Crippen LogP contribution in [0, 0.1) is 0 Å². The fraction of sp³-hybridized carbons (Fsp3) is 0.288. The van der Waals surface area contributed by atoms with Crippen LogP contribution in [0.25, 0.3) is 43.9 Å². The number of primary amides is 2. The molecule has 36 heteroatoms. The second-order valence-electron chi connectivity index (χ2n) is 35.2. The van der Waals surface area contributed by atoms with Crippen LogP contribution in [0.15, 0.2) is 247 Å². The zero-order chi connectivity index (χ0) is 103. The number of benzene rings is 8. The third-order valence-electron chi connectivity index (χ3n) is 22.4. The number of carbonyl (C=O) groups excluding carboxylic acids is 5. The summed E-state index contributed by atoms with van der Waals surface area (Å²) in [7, 11) is 2.83. The summed E-state index contributed by atoms with van der Waals surface area (Å²) in [5, 5.41) is 109. The summed E-state index contributed by atoms with van der Waals surface area (Å²) in [6, 6.07) is 40.8. The van der Waals surface area contributed by atoms with Gasteiger partial charge in [-0.2, -0.15) is 0 Å². The Labute approximate surface area is 801 Å². The molecular formula is C104H112N6O30. The lowest BCUT2D eigenvalue weighted by atomic mass is 9.85. The van der Waals surface area contributed by atoms with Crippen molar-refractivity contribution in [3.05, 3.63) is 308 Å². The SMILES string of the molecule is CC(C)=CCc1cc(C(=O)Nc2cc3ccc(O)cc3oc2=O)ccc1O.CC(C)=CCc1cc(C(=O)O)ccc1O.CO[C@@H]1C(OC(N)=O)[C@H](O)[C@H](Cc2ccc3c(O)c(NC(=O)c4ccc(O)c(CC=C(C)C)c4)c(=O)oc3c2)OC1(C)C.CO[C@@H]1C(OC(N)=O)[C@H](O)[C@H](Cc2ccc3cc(NC(=O)c4ccc(O)c(CC=C(C)C)c4)c(=O)oc3c2)OC1(C)C.Nc1cc2ccc(O)cc2oc1=O. The van der Waals surface area contributed by atoms with Gasteiger partial charge in [-0.05, 0) is 276 Å². The van der Waals surface area contributed by atoms with Crippen molar-refractivity contribution in [1.29, 1.82) is 0 Å². The Balaban J connectivity index is 0.000000192. The maximum absolute atomic E-state index is 13.0. The van der Waals surface area contributed by atoms with Gasteiger partial charge in [0, 0.05) is 72.0 Å². The quantitative estimate of drug-likeness (QED) is 0.0209. The summed E-state index contributed by atoms with van der Waals surface area (Å²) < 4.78 is 54.4. The number of anilines is 4. The predicted molar refractivity (Wildman–Crippen MR) is 523 cm³/mol. The number of phenolic OH excluding ortho intramolecular Hbond substituents is 6. The average Bonchev–Trinajstić information content (AvgIpc) is 0.771. The van der Waals surface area contributed by atoms with Crippen molar-refractivity contribution < 1.29 is 126 Å². The maximum atomic E-state index is 13.0. The minimum Gasteiger partial charge on any atom is -0.508 e. The molecule has 12 aromatic rings. The number of nitrogens with two attached hydrogens (primary N) is 3. The first kappa shape index (κ1) is 106. The van der Waals surface area contributed by atoms with E-state index in [1.807, 2.05) is 79.7 Å². The fourth-order valence-corrected chi connectivity index (χ4v) is 15.3. The molecule has 4 aromatic heterocycles. The second-order valence-corrected chi connectivity index (χ2v) is 35.2. The Morgan fingerprint density at radius 1 is 0.400 bits per heavy atom. The van der Waals surface area contributed by atoms with Crippen LogP contribution in [0.2, 0.25) is 0 Å². The van der Waals surface area contributed by atoms with Crippen LogP contribution in [-0.2, 0) is 66.9 Å². The molecule has 8 atom stereocenters. The molecule has 6 heterocycles. The highest BCUT2D eigenvalue weighted by atomic mass is 16.6. The third kappa shape index (κ3) is 27.8. The Hall–Kier alpha value is -15.9. The molecule has 2 aliphatic rings. The number of aromatic carboxylic acids is 1. The minimum absolute atomic E-state index is 0.00267. The Morgan fingerprint density at radius 3 is 1.10 bits per heavy atom. The van der Waals surface area contributed by atoms with Crippen LogP contribution < -0.4 is 55.7 Å². The summed E-state index contributed by atoms with van der Waals surface area (Å²) in [4.78, 5) is 121. The van der Waals surface area contributed by atoms with E-state index in [0.717, 1.165) is 22.3 Å². The number of hydrogen-bond acceptors (Lipinski definition) is 30.